The second kappa shape index (κ2) is 8.43. The number of esters is 1. The summed E-state index contributed by atoms with van der Waals surface area (Å²) >= 11 is 0. The molecule has 0 aromatic heterocycles. The SMILES string of the molecule is CCCOC(=O)C(C)c1ccc(C2(C=O)CCC(CN)CC2)cc1. The summed E-state index contributed by atoms with van der Waals surface area (Å²) < 4.78 is 5.21. The molecular weight excluding hydrogens is 302 g/mol. The lowest BCUT2D eigenvalue weighted by atomic mass is 9.67. The second-order valence-electron chi connectivity index (χ2n) is 6.96. The molecule has 4 heteroatoms. The van der Waals surface area contributed by atoms with Gasteiger partial charge in [0.05, 0.1) is 17.9 Å². The molecule has 132 valence electrons. The molecule has 1 aliphatic carbocycles. The third-order valence-electron chi connectivity index (χ3n) is 5.34. The number of carbonyl (C=O) groups excluding carboxylic acids is 2. The topological polar surface area (TPSA) is 69.4 Å². The van der Waals surface area contributed by atoms with Crippen LogP contribution in [-0.4, -0.2) is 25.4 Å². The summed E-state index contributed by atoms with van der Waals surface area (Å²) in [5, 5.41) is 0. The van der Waals surface area contributed by atoms with Crippen molar-refractivity contribution in [3.05, 3.63) is 35.4 Å². The summed E-state index contributed by atoms with van der Waals surface area (Å²) in [5.41, 5.74) is 7.34. The summed E-state index contributed by atoms with van der Waals surface area (Å²) in [5.74, 6) is 0.0506. The Hall–Kier alpha value is -1.68. The number of nitrogens with two attached hydrogens (primary N) is 1. The van der Waals surface area contributed by atoms with Crippen LogP contribution >= 0.6 is 0 Å². The van der Waals surface area contributed by atoms with Crippen LogP contribution in [0.5, 0.6) is 0 Å². The van der Waals surface area contributed by atoms with Crippen molar-refractivity contribution in [2.75, 3.05) is 13.2 Å². The maximum Gasteiger partial charge on any atom is 0.313 e. The zero-order valence-electron chi connectivity index (χ0n) is 14.8. The molecule has 0 heterocycles. The van der Waals surface area contributed by atoms with Crippen LogP contribution in [0.1, 0.15) is 63.0 Å². The highest BCUT2D eigenvalue weighted by atomic mass is 16.5. The first-order chi connectivity index (χ1) is 11.6. The van der Waals surface area contributed by atoms with E-state index in [2.05, 4.69) is 0 Å². The van der Waals surface area contributed by atoms with Gasteiger partial charge in [0.25, 0.3) is 0 Å². The van der Waals surface area contributed by atoms with Crippen LogP contribution < -0.4 is 5.73 Å². The second-order valence-corrected chi connectivity index (χ2v) is 6.96. The molecule has 2 N–H and O–H groups in total. The van der Waals surface area contributed by atoms with Crippen molar-refractivity contribution in [2.24, 2.45) is 11.7 Å². The van der Waals surface area contributed by atoms with E-state index in [0.717, 1.165) is 49.5 Å². The van der Waals surface area contributed by atoms with Crippen LogP contribution in [0.25, 0.3) is 0 Å². The van der Waals surface area contributed by atoms with Gasteiger partial charge in [0.15, 0.2) is 0 Å². The summed E-state index contributed by atoms with van der Waals surface area (Å²) in [6.07, 6.45) is 5.63. The third-order valence-corrected chi connectivity index (χ3v) is 5.34. The van der Waals surface area contributed by atoms with Crippen LogP contribution in [0.3, 0.4) is 0 Å². The normalized spacial score (nSPS) is 25.0. The highest BCUT2D eigenvalue weighted by Crippen LogP contribution is 2.40. The molecule has 0 spiro atoms. The van der Waals surface area contributed by atoms with Gasteiger partial charge >= 0.3 is 5.97 Å². The van der Waals surface area contributed by atoms with Crippen molar-refractivity contribution in [2.45, 2.75) is 57.3 Å². The Bertz CT molecular complexity index is 545. The van der Waals surface area contributed by atoms with E-state index in [-0.39, 0.29) is 11.9 Å². The van der Waals surface area contributed by atoms with Crippen molar-refractivity contribution in [3.8, 4) is 0 Å². The first-order valence-electron chi connectivity index (χ1n) is 8.99. The van der Waals surface area contributed by atoms with E-state index in [1.165, 1.54) is 0 Å². The molecular formula is C20H29NO3. The van der Waals surface area contributed by atoms with Gasteiger partial charge in [-0.1, -0.05) is 31.2 Å². The molecule has 24 heavy (non-hydrogen) atoms. The van der Waals surface area contributed by atoms with E-state index in [4.69, 9.17) is 10.5 Å². The molecule has 4 nitrogen and oxygen atoms in total. The Morgan fingerprint density at radius 2 is 1.96 bits per heavy atom. The van der Waals surface area contributed by atoms with Crippen molar-refractivity contribution in [3.63, 3.8) is 0 Å². The smallest absolute Gasteiger partial charge is 0.313 e. The number of aldehydes is 1. The van der Waals surface area contributed by atoms with Crippen LogP contribution in [0, 0.1) is 5.92 Å². The lowest BCUT2D eigenvalue weighted by Gasteiger charge is -2.36. The summed E-state index contributed by atoms with van der Waals surface area (Å²) in [6, 6.07) is 7.90. The maximum atomic E-state index is 12.0. The minimum atomic E-state index is -0.393. The Morgan fingerprint density at radius 1 is 1.33 bits per heavy atom. The summed E-state index contributed by atoms with van der Waals surface area (Å²) in [6.45, 7) is 4.99. The van der Waals surface area contributed by atoms with Gasteiger partial charge in [-0.2, -0.15) is 0 Å². The third kappa shape index (κ3) is 4.04. The van der Waals surface area contributed by atoms with E-state index in [1.807, 2.05) is 38.1 Å². The monoisotopic (exact) mass is 331 g/mol. The Morgan fingerprint density at radius 3 is 2.46 bits per heavy atom. The molecule has 1 atom stereocenters. The standard InChI is InChI=1S/C20H29NO3/c1-3-12-24-19(23)15(2)17-4-6-18(7-5-17)20(14-22)10-8-16(13-21)9-11-20/h4-7,14-16H,3,8-13,21H2,1-2H3. The highest BCUT2D eigenvalue weighted by Gasteiger charge is 2.36. The van der Waals surface area contributed by atoms with Crippen molar-refractivity contribution < 1.29 is 14.3 Å². The van der Waals surface area contributed by atoms with E-state index in [1.54, 1.807) is 0 Å². The van der Waals surface area contributed by atoms with E-state index in [0.29, 0.717) is 19.1 Å². The minimum Gasteiger partial charge on any atom is -0.465 e. The van der Waals surface area contributed by atoms with Gasteiger partial charge in [0, 0.05) is 0 Å². The molecule has 1 saturated carbocycles. The largest absolute Gasteiger partial charge is 0.465 e. The fraction of sp³-hybridized carbons (Fsp3) is 0.600. The first kappa shape index (κ1) is 18.7. The predicted octanol–water partition coefficient (Wildman–Crippen LogP) is 3.33. The Labute approximate surface area is 144 Å². The van der Waals surface area contributed by atoms with Crippen LogP contribution in [0.4, 0.5) is 0 Å². The van der Waals surface area contributed by atoms with E-state index < -0.39 is 5.41 Å². The number of ether oxygens (including phenoxy) is 1. The quantitative estimate of drug-likeness (QED) is 0.614. The molecule has 0 saturated heterocycles. The molecule has 0 aliphatic heterocycles. The molecule has 1 aromatic rings. The van der Waals surface area contributed by atoms with Gasteiger partial charge in [0.2, 0.25) is 0 Å². The van der Waals surface area contributed by atoms with Gasteiger partial charge < -0.3 is 15.3 Å². The highest BCUT2D eigenvalue weighted by molar-refractivity contribution is 5.78. The number of carbonyl (C=O) groups is 2. The molecule has 1 aromatic carbocycles. The lowest BCUT2D eigenvalue weighted by molar-refractivity contribution is -0.145. The van der Waals surface area contributed by atoms with Crippen molar-refractivity contribution in [1.82, 2.24) is 0 Å². The molecule has 0 amide bonds. The average molecular weight is 331 g/mol. The van der Waals surface area contributed by atoms with Gasteiger partial charge in [-0.3, -0.25) is 4.79 Å². The predicted molar refractivity (Wildman–Crippen MR) is 94.9 cm³/mol. The van der Waals surface area contributed by atoms with Gasteiger partial charge in [-0.15, -0.1) is 0 Å². The Kier molecular flexibility index (Phi) is 6.55. The molecule has 2 rings (SSSR count). The number of hydrogen-bond acceptors (Lipinski definition) is 4. The molecule has 1 aliphatic rings. The summed E-state index contributed by atoms with van der Waals surface area (Å²) in [4.78, 5) is 23.8. The van der Waals surface area contributed by atoms with Gasteiger partial charge in [-0.05, 0) is 62.6 Å². The Balaban J connectivity index is 2.10. The first-order valence-corrected chi connectivity index (χ1v) is 8.99. The molecule has 0 bridgehead atoms. The zero-order valence-corrected chi connectivity index (χ0v) is 14.8. The van der Waals surface area contributed by atoms with Crippen molar-refractivity contribution >= 4 is 12.3 Å². The summed E-state index contributed by atoms with van der Waals surface area (Å²) in [7, 11) is 0. The van der Waals surface area contributed by atoms with Crippen molar-refractivity contribution in [1.29, 1.82) is 0 Å². The van der Waals surface area contributed by atoms with E-state index in [9.17, 15) is 9.59 Å². The lowest BCUT2D eigenvalue weighted by Crippen LogP contribution is -2.35. The molecule has 1 fully saturated rings. The minimum absolute atomic E-state index is 0.196. The number of hydrogen-bond donors (Lipinski definition) is 1. The van der Waals surface area contributed by atoms with E-state index >= 15 is 0 Å². The fourth-order valence-electron chi connectivity index (χ4n) is 3.47. The molecule has 0 radical (unpaired) electrons. The average Bonchev–Trinajstić information content (AvgIpc) is 2.65. The fourth-order valence-corrected chi connectivity index (χ4v) is 3.47. The van der Waals surface area contributed by atoms with Crippen LogP contribution in [0.2, 0.25) is 0 Å². The van der Waals surface area contributed by atoms with Gasteiger partial charge in [0.1, 0.15) is 6.29 Å². The van der Waals surface area contributed by atoms with Crippen LogP contribution in [-0.2, 0) is 19.7 Å². The number of rotatable bonds is 7. The number of benzene rings is 1. The van der Waals surface area contributed by atoms with Crippen LogP contribution in [0.15, 0.2) is 24.3 Å². The van der Waals surface area contributed by atoms with Gasteiger partial charge in [-0.25, -0.2) is 0 Å². The maximum absolute atomic E-state index is 12.0. The molecule has 1 unspecified atom stereocenters. The zero-order chi connectivity index (χ0) is 17.6.